The Hall–Kier alpha value is -3.45. The van der Waals surface area contributed by atoms with Crippen molar-refractivity contribution in [3.05, 3.63) is 94.2 Å². The van der Waals surface area contributed by atoms with Crippen LogP contribution in [0.2, 0.25) is 0 Å². The summed E-state index contributed by atoms with van der Waals surface area (Å²) in [5.41, 5.74) is 1.31. The van der Waals surface area contributed by atoms with Crippen LogP contribution in [0.3, 0.4) is 0 Å². The van der Waals surface area contributed by atoms with E-state index in [1.807, 2.05) is 86.8 Å². The molecule has 1 unspecified atom stereocenters. The number of benzene rings is 2. The molecule has 1 aromatic heterocycles. The highest BCUT2D eigenvalue weighted by molar-refractivity contribution is 7.12. The molecule has 1 atom stereocenters. The van der Waals surface area contributed by atoms with Gasteiger partial charge in [-0.1, -0.05) is 66.7 Å². The molecular formula is C27H31N3O3S. The van der Waals surface area contributed by atoms with Crippen molar-refractivity contribution < 1.29 is 14.4 Å². The first-order valence-corrected chi connectivity index (χ1v) is 12.1. The minimum Gasteiger partial charge on any atom is -0.349 e. The van der Waals surface area contributed by atoms with Gasteiger partial charge < -0.3 is 15.5 Å². The summed E-state index contributed by atoms with van der Waals surface area (Å²) in [5, 5.41) is 7.54. The third-order valence-corrected chi connectivity index (χ3v) is 5.99. The molecule has 3 rings (SSSR count). The molecule has 7 heteroatoms. The van der Waals surface area contributed by atoms with Gasteiger partial charge in [0.2, 0.25) is 11.8 Å². The predicted octanol–water partition coefficient (Wildman–Crippen LogP) is 4.21. The number of amides is 3. The molecule has 0 aliphatic carbocycles. The topological polar surface area (TPSA) is 78.5 Å². The second-order valence-electron chi connectivity index (χ2n) is 9.04. The van der Waals surface area contributed by atoms with E-state index in [4.69, 9.17) is 0 Å². The molecule has 6 nitrogen and oxygen atoms in total. The molecule has 178 valence electrons. The van der Waals surface area contributed by atoms with Crippen LogP contribution in [0.25, 0.3) is 0 Å². The quantitative estimate of drug-likeness (QED) is 0.485. The molecule has 2 aromatic carbocycles. The fraction of sp³-hybridized carbons (Fsp3) is 0.296. The predicted molar refractivity (Wildman–Crippen MR) is 136 cm³/mol. The van der Waals surface area contributed by atoms with Crippen LogP contribution in [0.4, 0.5) is 0 Å². The number of rotatable bonds is 9. The molecule has 0 aliphatic rings. The highest BCUT2D eigenvalue weighted by Crippen LogP contribution is 2.23. The van der Waals surface area contributed by atoms with E-state index < -0.39 is 11.6 Å². The van der Waals surface area contributed by atoms with Crippen LogP contribution < -0.4 is 10.6 Å². The number of hydrogen-bond donors (Lipinski definition) is 2. The Morgan fingerprint density at radius 3 is 2.15 bits per heavy atom. The van der Waals surface area contributed by atoms with Crippen LogP contribution in [-0.2, 0) is 16.0 Å². The van der Waals surface area contributed by atoms with Gasteiger partial charge in [-0.15, -0.1) is 11.3 Å². The number of nitrogens with one attached hydrogen (secondary N) is 2. The van der Waals surface area contributed by atoms with Gasteiger partial charge in [0.25, 0.3) is 5.91 Å². The molecule has 2 N–H and O–H groups in total. The molecule has 0 radical (unpaired) electrons. The third-order valence-electron chi connectivity index (χ3n) is 5.12. The minimum atomic E-state index is -0.824. The summed E-state index contributed by atoms with van der Waals surface area (Å²) in [6.07, 6.45) is 0.581. The molecule has 0 aliphatic heterocycles. The van der Waals surface area contributed by atoms with Crippen LogP contribution >= 0.6 is 11.3 Å². The summed E-state index contributed by atoms with van der Waals surface area (Å²) >= 11 is 1.31. The summed E-state index contributed by atoms with van der Waals surface area (Å²) < 4.78 is 0. The van der Waals surface area contributed by atoms with E-state index in [2.05, 4.69) is 10.6 Å². The fourth-order valence-electron chi connectivity index (χ4n) is 3.59. The number of nitrogens with zero attached hydrogens (tertiary/aromatic N) is 1. The van der Waals surface area contributed by atoms with Gasteiger partial charge in [0.05, 0.1) is 11.4 Å². The smallest absolute Gasteiger partial charge is 0.261 e. The SMILES string of the molecule is CC(C)(C)NC(=O)C(c1ccccc1)N(CCc1ccccc1)C(=O)CNC(=O)c1cccs1. The van der Waals surface area contributed by atoms with Crippen molar-refractivity contribution in [3.63, 3.8) is 0 Å². The molecule has 0 saturated carbocycles. The molecule has 0 fully saturated rings. The molecule has 3 amide bonds. The number of carbonyl (C=O) groups excluding carboxylic acids is 3. The van der Waals surface area contributed by atoms with Crippen LogP contribution in [0.15, 0.2) is 78.2 Å². The van der Waals surface area contributed by atoms with Crippen molar-refractivity contribution in [3.8, 4) is 0 Å². The fourth-order valence-corrected chi connectivity index (χ4v) is 4.23. The second kappa shape index (κ2) is 11.6. The first-order chi connectivity index (χ1) is 16.2. The highest BCUT2D eigenvalue weighted by Gasteiger charge is 2.33. The third kappa shape index (κ3) is 7.28. The molecule has 1 heterocycles. The maximum Gasteiger partial charge on any atom is 0.261 e. The van der Waals surface area contributed by atoms with Crippen molar-refractivity contribution in [1.29, 1.82) is 0 Å². The first kappa shape index (κ1) is 25.2. The zero-order valence-electron chi connectivity index (χ0n) is 19.8. The molecular weight excluding hydrogens is 446 g/mol. The lowest BCUT2D eigenvalue weighted by molar-refractivity contribution is -0.140. The standard InChI is InChI=1S/C27H31N3O3S/c1-27(2,3)29-26(33)24(21-13-8-5-9-14-21)30(17-16-20-11-6-4-7-12-20)23(31)19-28-25(32)22-15-10-18-34-22/h4-15,18,24H,16-17,19H2,1-3H3,(H,28,32)(H,29,33). The van der Waals surface area contributed by atoms with Gasteiger partial charge in [0, 0.05) is 12.1 Å². The Balaban J connectivity index is 1.88. The van der Waals surface area contributed by atoms with Gasteiger partial charge in [-0.25, -0.2) is 0 Å². The van der Waals surface area contributed by atoms with Crippen molar-refractivity contribution in [2.45, 2.75) is 38.8 Å². The largest absolute Gasteiger partial charge is 0.349 e. The Kier molecular flexibility index (Phi) is 8.60. The van der Waals surface area contributed by atoms with E-state index >= 15 is 0 Å². The molecule has 0 saturated heterocycles. The Bertz CT molecular complexity index is 1080. The van der Waals surface area contributed by atoms with Crippen molar-refractivity contribution in [1.82, 2.24) is 15.5 Å². The summed E-state index contributed by atoms with van der Waals surface area (Å²) in [6.45, 7) is 5.85. The number of carbonyl (C=O) groups is 3. The Labute approximate surface area is 205 Å². The number of thiophene rings is 1. The van der Waals surface area contributed by atoms with Gasteiger partial charge in [0.15, 0.2) is 0 Å². The summed E-state index contributed by atoms with van der Waals surface area (Å²) in [4.78, 5) is 41.4. The Morgan fingerprint density at radius 2 is 1.56 bits per heavy atom. The van der Waals surface area contributed by atoms with E-state index in [1.165, 1.54) is 11.3 Å². The zero-order chi connectivity index (χ0) is 24.6. The average Bonchev–Trinajstić information content (AvgIpc) is 3.35. The molecule has 34 heavy (non-hydrogen) atoms. The molecule has 0 spiro atoms. The highest BCUT2D eigenvalue weighted by atomic mass is 32.1. The van der Waals surface area contributed by atoms with E-state index in [1.54, 1.807) is 17.0 Å². The Morgan fingerprint density at radius 1 is 0.912 bits per heavy atom. The lowest BCUT2D eigenvalue weighted by atomic mass is 10.0. The van der Waals surface area contributed by atoms with E-state index in [-0.39, 0.29) is 24.3 Å². The van der Waals surface area contributed by atoms with E-state index in [0.29, 0.717) is 17.8 Å². The van der Waals surface area contributed by atoms with Crippen molar-refractivity contribution in [2.24, 2.45) is 0 Å². The molecule has 0 bridgehead atoms. The van der Waals surface area contributed by atoms with Crippen molar-refractivity contribution in [2.75, 3.05) is 13.1 Å². The zero-order valence-corrected chi connectivity index (χ0v) is 20.6. The summed E-state index contributed by atoms with van der Waals surface area (Å²) in [6, 6.07) is 21.8. The molecule has 3 aromatic rings. The van der Waals surface area contributed by atoms with Crippen LogP contribution in [0, 0.1) is 0 Å². The van der Waals surface area contributed by atoms with Crippen LogP contribution in [-0.4, -0.2) is 41.2 Å². The van der Waals surface area contributed by atoms with Gasteiger partial charge in [0.1, 0.15) is 6.04 Å². The van der Waals surface area contributed by atoms with Gasteiger partial charge in [-0.05, 0) is 49.8 Å². The minimum absolute atomic E-state index is 0.197. The lowest BCUT2D eigenvalue weighted by Crippen LogP contribution is -2.51. The summed E-state index contributed by atoms with van der Waals surface area (Å²) in [7, 11) is 0. The second-order valence-corrected chi connectivity index (χ2v) is 9.98. The summed E-state index contributed by atoms with van der Waals surface area (Å²) in [5.74, 6) is -0.884. The van der Waals surface area contributed by atoms with Crippen molar-refractivity contribution >= 4 is 29.1 Å². The first-order valence-electron chi connectivity index (χ1n) is 11.3. The lowest BCUT2D eigenvalue weighted by Gasteiger charge is -2.34. The van der Waals surface area contributed by atoms with E-state index in [9.17, 15) is 14.4 Å². The van der Waals surface area contributed by atoms with Gasteiger partial charge >= 0.3 is 0 Å². The van der Waals surface area contributed by atoms with Crippen LogP contribution in [0.5, 0.6) is 0 Å². The monoisotopic (exact) mass is 477 g/mol. The number of hydrogen-bond acceptors (Lipinski definition) is 4. The van der Waals surface area contributed by atoms with Gasteiger partial charge in [-0.3, -0.25) is 14.4 Å². The van der Waals surface area contributed by atoms with Crippen LogP contribution in [0.1, 0.15) is 47.6 Å². The normalized spacial score (nSPS) is 12.0. The van der Waals surface area contributed by atoms with E-state index in [0.717, 1.165) is 11.1 Å². The average molecular weight is 478 g/mol. The maximum atomic E-state index is 13.5. The van der Waals surface area contributed by atoms with Gasteiger partial charge in [-0.2, -0.15) is 0 Å². The maximum absolute atomic E-state index is 13.5.